The van der Waals surface area contributed by atoms with Gasteiger partial charge in [0.15, 0.2) is 0 Å². The zero-order valence-electron chi connectivity index (χ0n) is 9.09. The third-order valence-electron chi connectivity index (χ3n) is 1.33. The van der Waals surface area contributed by atoms with Gasteiger partial charge in [0.1, 0.15) is 0 Å². The molecule has 0 aromatic heterocycles. The predicted molar refractivity (Wildman–Crippen MR) is 53.5 cm³/mol. The largest absolute Gasteiger partial charge is 0.388 e. The molecule has 0 saturated carbocycles. The molecule has 0 N–H and O–H groups in total. The van der Waals surface area contributed by atoms with Gasteiger partial charge in [0.05, 0.1) is 0 Å². The summed E-state index contributed by atoms with van der Waals surface area (Å²) in [7, 11) is 5.42. The molecule has 1 fully saturated rings. The number of rotatable bonds is 0. The van der Waals surface area contributed by atoms with Gasteiger partial charge in [0, 0.05) is 14.2 Å². The molecule has 0 unspecified atom stereocenters. The SMILES string of the molecule is CC.CN1CCCC1.COC.F. The zero-order chi connectivity index (χ0) is 9.11. The summed E-state index contributed by atoms with van der Waals surface area (Å²) in [5.74, 6) is 0. The van der Waals surface area contributed by atoms with Crippen LogP contribution in [-0.4, -0.2) is 39.3 Å². The molecule has 0 spiro atoms. The van der Waals surface area contributed by atoms with E-state index in [1.807, 2.05) is 13.8 Å². The predicted octanol–water partition coefficient (Wildman–Crippen LogP) is 2.15. The second kappa shape index (κ2) is 17.1. The lowest BCUT2D eigenvalue weighted by molar-refractivity contribution is 0.277. The number of nitrogens with zero attached hydrogens (tertiary/aromatic N) is 1. The summed E-state index contributed by atoms with van der Waals surface area (Å²) in [5.41, 5.74) is 0. The molecule has 0 aliphatic carbocycles. The summed E-state index contributed by atoms with van der Waals surface area (Å²) in [6.07, 6.45) is 2.83. The van der Waals surface area contributed by atoms with Crippen molar-refractivity contribution in [1.82, 2.24) is 4.90 Å². The Balaban J connectivity index is -0.000000119. The van der Waals surface area contributed by atoms with E-state index in [4.69, 9.17) is 0 Å². The average Bonchev–Trinajstić information content (AvgIpc) is 2.46. The second-order valence-electron chi connectivity index (χ2n) is 2.42. The van der Waals surface area contributed by atoms with Crippen molar-refractivity contribution in [3.05, 3.63) is 0 Å². The number of likely N-dealkylation sites (tertiary alicyclic amines) is 1. The van der Waals surface area contributed by atoms with Crippen LogP contribution in [0.5, 0.6) is 0 Å². The summed E-state index contributed by atoms with van der Waals surface area (Å²) >= 11 is 0. The molecule has 0 aromatic rings. The molecule has 0 bridgehead atoms. The van der Waals surface area contributed by atoms with Crippen LogP contribution < -0.4 is 0 Å². The molecular weight excluding hydrogens is 157 g/mol. The minimum Gasteiger partial charge on any atom is -0.388 e. The fraction of sp³-hybridized carbons (Fsp3) is 1.00. The van der Waals surface area contributed by atoms with Gasteiger partial charge < -0.3 is 9.64 Å². The van der Waals surface area contributed by atoms with Crippen LogP contribution >= 0.6 is 0 Å². The van der Waals surface area contributed by atoms with E-state index in [9.17, 15) is 0 Å². The quantitative estimate of drug-likeness (QED) is 0.568. The van der Waals surface area contributed by atoms with Crippen molar-refractivity contribution >= 4 is 0 Å². The monoisotopic (exact) mass is 181 g/mol. The van der Waals surface area contributed by atoms with Crippen molar-refractivity contribution in [1.29, 1.82) is 0 Å². The van der Waals surface area contributed by atoms with Crippen molar-refractivity contribution in [2.75, 3.05) is 34.4 Å². The lowest BCUT2D eigenvalue weighted by Gasteiger charge is -2.01. The first kappa shape index (κ1) is 17.8. The van der Waals surface area contributed by atoms with E-state index >= 15 is 0 Å². The van der Waals surface area contributed by atoms with Gasteiger partial charge in [0.25, 0.3) is 0 Å². The summed E-state index contributed by atoms with van der Waals surface area (Å²) in [4.78, 5) is 2.36. The first-order chi connectivity index (χ1) is 5.31. The summed E-state index contributed by atoms with van der Waals surface area (Å²) in [6, 6.07) is 0. The number of hydrogen-bond acceptors (Lipinski definition) is 2. The maximum Gasteiger partial charge on any atom is 0.0351 e. The van der Waals surface area contributed by atoms with Crippen LogP contribution in [0.25, 0.3) is 0 Å². The average molecular weight is 181 g/mol. The highest BCUT2D eigenvalue weighted by atomic mass is 19.0. The van der Waals surface area contributed by atoms with Crippen molar-refractivity contribution < 1.29 is 9.44 Å². The molecule has 3 heteroatoms. The van der Waals surface area contributed by atoms with E-state index in [1.165, 1.54) is 25.9 Å². The highest BCUT2D eigenvalue weighted by Gasteiger charge is 2.03. The van der Waals surface area contributed by atoms with Gasteiger partial charge >= 0.3 is 0 Å². The Kier molecular flexibility index (Phi) is 25.4. The van der Waals surface area contributed by atoms with Crippen LogP contribution in [0.3, 0.4) is 0 Å². The Morgan fingerprint density at radius 2 is 1.25 bits per heavy atom. The first-order valence-corrected chi connectivity index (χ1v) is 4.40. The highest BCUT2D eigenvalue weighted by Crippen LogP contribution is 2.01. The summed E-state index contributed by atoms with van der Waals surface area (Å²) in [5, 5.41) is 0. The molecular formula is C9H24FNO. The van der Waals surface area contributed by atoms with Gasteiger partial charge in [-0.25, -0.2) is 0 Å². The number of hydrogen-bond donors (Lipinski definition) is 0. The number of halogens is 1. The Labute approximate surface area is 76.3 Å². The van der Waals surface area contributed by atoms with Crippen molar-refractivity contribution in [3.63, 3.8) is 0 Å². The molecule has 0 aromatic carbocycles. The van der Waals surface area contributed by atoms with Gasteiger partial charge in [-0.1, -0.05) is 13.8 Å². The Bertz CT molecular complexity index is 56.5. The van der Waals surface area contributed by atoms with Crippen LogP contribution in [0.2, 0.25) is 0 Å². The van der Waals surface area contributed by atoms with Crippen LogP contribution in [0.1, 0.15) is 26.7 Å². The summed E-state index contributed by atoms with van der Waals surface area (Å²) in [6.45, 7) is 6.64. The Morgan fingerprint density at radius 3 is 1.33 bits per heavy atom. The molecule has 78 valence electrons. The van der Waals surface area contributed by atoms with E-state index in [2.05, 4.69) is 16.7 Å². The van der Waals surface area contributed by atoms with Gasteiger partial charge in [-0.15, -0.1) is 0 Å². The molecule has 2 nitrogen and oxygen atoms in total. The zero-order valence-corrected chi connectivity index (χ0v) is 9.09. The van der Waals surface area contributed by atoms with E-state index in [1.54, 1.807) is 14.2 Å². The fourth-order valence-electron chi connectivity index (χ4n) is 0.875. The normalized spacial score (nSPS) is 14.8. The molecule has 1 heterocycles. The van der Waals surface area contributed by atoms with Crippen molar-refractivity contribution in [2.24, 2.45) is 0 Å². The smallest absolute Gasteiger partial charge is 0.0351 e. The molecule has 12 heavy (non-hydrogen) atoms. The van der Waals surface area contributed by atoms with Gasteiger partial charge in [-0.2, -0.15) is 0 Å². The molecule has 0 atom stereocenters. The number of ether oxygens (including phenoxy) is 1. The van der Waals surface area contributed by atoms with Gasteiger partial charge in [-0.3, -0.25) is 4.70 Å². The molecule has 1 rings (SSSR count). The molecule has 1 saturated heterocycles. The Morgan fingerprint density at radius 1 is 1.00 bits per heavy atom. The molecule has 1 aliphatic rings. The van der Waals surface area contributed by atoms with Crippen molar-refractivity contribution in [2.45, 2.75) is 26.7 Å². The van der Waals surface area contributed by atoms with Crippen molar-refractivity contribution in [3.8, 4) is 0 Å². The van der Waals surface area contributed by atoms with Gasteiger partial charge in [0.2, 0.25) is 0 Å². The van der Waals surface area contributed by atoms with E-state index in [-0.39, 0.29) is 4.70 Å². The van der Waals surface area contributed by atoms with Crippen LogP contribution in [0.15, 0.2) is 0 Å². The topological polar surface area (TPSA) is 12.5 Å². The highest BCUT2D eigenvalue weighted by molar-refractivity contribution is 4.59. The molecule has 1 aliphatic heterocycles. The first-order valence-electron chi connectivity index (χ1n) is 4.40. The summed E-state index contributed by atoms with van der Waals surface area (Å²) < 4.78 is 4.25. The lowest BCUT2D eigenvalue weighted by atomic mass is 10.4. The van der Waals surface area contributed by atoms with Crippen LogP contribution in [0, 0.1) is 0 Å². The van der Waals surface area contributed by atoms with Crippen LogP contribution in [0.4, 0.5) is 4.70 Å². The number of methoxy groups -OCH3 is 1. The second-order valence-corrected chi connectivity index (χ2v) is 2.42. The van der Waals surface area contributed by atoms with E-state index < -0.39 is 0 Å². The minimum atomic E-state index is 0. The third-order valence-corrected chi connectivity index (χ3v) is 1.33. The fourth-order valence-corrected chi connectivity index (χ4v) is 0.875. The minimum absolute atomic E-state index is 0. The van der Waals surface area contributed by atoms with E-state index in [0.29, 0.717) is 0 Å². The molecule has 0 amide bonds. The van der Waals surface area contributed by atoms with Crippen LogP contribution in [-0.2, 0) is 4.74 Å². The molecule has 0 radical (unpaired) electrons. The van der Waals surface area contributed by atoms with E-state index in [0.717, 1.165) is 0 Å². The standard InChI is InChI=1S/C5H11N.C2H6O.C2H6.FH/c1-6-4-2-3-5-6;1-3-2;1-2;/h2-5H2,1H3;1-2H3;1-2H3;1H. The van der Waals surface area contributed by atoms with Gasteiger partial charge in [-0.05, 0) is 33.0 Å². The maximum absolute atomic E-state index is 4.25. The lowest BCUT2D eigenvalue weighted by Crippen LogP contribution is -2.10. The maximum atomic E-state index is 4.25. The third kappa shape index (κ3) is 16.4. The Hall–Kier alpha value is -0.150.